The number of nitrogens with zero attached hydrogens (tertiary/aromatic N) is 2. The van der Waals surface area contributed by atoms with Crippen LogP contribution >= 0.6 is 0 Å². The Labute approximate surface area is 163 Å². The smallest absolute Gasteiger partial charge is 0.251 e. The average Bonchev–Trinajstić information content (AvgIpc) is 3.21. The highest BCUT2D eigenvalue weighted by Crippen LogP contribution is 2.32. The lowest BCUT2D eigenvalue weighted by Gasteiger charge is -2.33. The molecule has 1 aromatic heterocycles. The van der Waals surface area contributed by atoms with Crippen LogP contribution < -0.4 is 14.8 Å². The van der Waals surface area contributed by atoms with E-state index in [1.165, 1.54) is 0 Å². The molecule has 0 aliphatic carbocycles. The predicted octanol–water partition coefficient (Wildman–Crippen LogP) is 2.02. The number of nitrogens with one attached hydrogen (secondary N) is 1. The van der Waals surface area contributed by atoms with Gasteiger partial charge < -0.3 is 19.7 Å². The first-order valence-corrected chi connectivity index (χ1v) is 9.53. The van der Waals surface area contributed by atoms with Crippen LogP contribution in [0.5, 0.6) is 11.5 Å². The molecule has 1 aromatic carbocycles. The first-order valence-electron chi connectivity index (χ1n) is 9.53. The fourth-order valence-corrected chi connectivity index (χ4v) is 3.62. The molecule has 0 bridgehead atoms. The molecule has 1 fully saturated rings. The lowest BCUT2D eigenvalue weighted by molar-refractivity contribution is -0.132. The Morgan fingerprint density at radius 1 is 1.21 bits per heavy atom. The Bertz CT molecular complexity index is 856. The molecule has 1 saturated heterocycles. The summed E-state index contributed by atoms with van der Waals surface area (Å²) < 4.78 is 10.6. The van der Waals surface area contributed by atoms with Gasteiger partial charge in [-0.3, -0.25) is 14.6 Å². The van der Waals surface area contributed by atoms with Gasteiger partial charge in [-0.25, -0.2) is 0 Å². The quantitative estimate of drug-likeness (QED) is 0.857. The summed E-state index contributed by atoms with van der Waals surface area (Å²) in [6.45, 7) is 2.17. The van der Waals surface area contributed by atoms with Crippen LogP contribution in [0.4, 0.5) is 0 Å². The van der Waals surface area contributed by atoms with Crippen LogP contribution in [-0.2, 0) is 11.2 Å². The van der Waals surface area contributed by atoms with Crippen molar-refractivity contribution < 1.29 is 19.1 Å². The summed E-state index contributed by atoms with van der Waals surface area (Å²) in [6.07, 6.45) is 5.74. The van der Waals surface area contributed by atoms with Crippen LogP contribution in [0.25, 0.3) is 0 Å². The second-order valence-electron chi connectivity index (χ2n) is 7.16. The largest absolute Gasteiger partial charge is 0.454 e. The van der Waals surface area contributed by atoms with Crippen LogP contribution in [-0.4, -0.2) is 48.1 Å². The van der Waals surface area contributed by atoms with Crippen LogP contribution in [0.3, 0.4) is 0 Å². The second kappa shape index (κ2) is 8.29. The van der Waals surface area contributed by atoms with Crippen molar-refractivity contribution in [3.05, 3.63) is 53.9 Å². The van der Waals surface area contributed by atoms with E-state index in [2.05, 4.69) is 10.3 Å². The zero-order valence-electron chi connectivity index (χ0n) is 15.6. The number of benzene rings is 1. The molecule has 2 aliphatic rings. The Balaban J connectivity index is 1.29. The Kier molecular flexibility index (Phi) is 5.41. The number of fused-ring (bicyclic) bond motifs is 1. The number of hydrogen-bond acceptors (Lipinski definition) is 5. The first kappa shape index (κ1) is 18.3. The topological polar surface area (TPSA) is 80.8 Å². The molecule has 2 aromatic rings. The minimum Gasteiger partial charge on any atom is -0.454 e. The highest BCUT2D eigenvalue weighted by molar-refractivity contribution is 5.94. The Morgan fingerprint density at radius 3 is 2.96 bits per heavy atom. The molecule has 2 aliphatic heterocycles. The molecule has 0 spiro atoms. The maximum absolute atomic E-state index is 12.6. The van der Waals surface area contributed by atoms with E-state index in [1.54, 1.807) is 30.6 Å². The van der Waals surface area contributed by atoms with Crippen molar-refractivity contribution in [2.24, 2.45) is 5.92 Å². The van der Waals surface area contributed by atoms with Gasteiger partial charge in [0.25, 0.3) is 5.91 Å². The van der Waals surface area contributed by atoms with Gasteiger partial charge in [-0.2, -0.15) is 0 Å². The van der Waals surface area contributed by atoms with Gasteiger partial charge in [0.05, 0.1) is 6.42 Å². The van der Waals surface area contributed by atoms with Crippen molar-refractivity contribution in [1.82, 2.24) is 15.2 Å². The van der Waals surface area contributed by atoms with Gasteiger partial charge in [-0.05, 0) is 48.6 Å². The zero-order valence-corrected chi connectivity index (χ0v) is 15.6. The molecule has 1 N–H and O–H groups in total. The molecule has 1 atom stereocenters. The van der Waals surface area contributed by atoms with Gasteiger partial charge >= 0.3 is 0 Å². The number of hydrogen-bond donors (Lipinski definition) is 1. The maximum atomic E-state index is 12.6. The van der Waals surface area contributed by atoms with E-state index in [-0.39, 0.29) is 24.5 Å². The van der Waals surface area contributed by atoms with E-state index >= 15 is 0 Å². The number of amides is 2. The van der Waals surface area contributed by atoms with Gasteiger partial charge in [0.2, 0.25) is 12.7 Å². The molecule has 146 valence electrons. The molecular weight excluding hydrogens is 358 g/mol. The number of carbonyl (C=O) groups excluding carboxylic acids is 2. The number of aromatic nitrogens is 1. The summed E-state index contributed by atoms with van der Waals surface area (Å²) in [5, 5.41) is 2.99. The van der Waals surface area contributed by atoms with Crippen molar-refractivity contribution in [3.8, 4) is 11.5 Å². The summed E-state index contributed by atoms with van der Waals surface area (Å²) in [7, 11) is 0. The van der Waals surface area contributed by atoms with Gasteiger partial charge in [0.1, 0.15) is 0 Å². The first-order chi connectivity index (χ1) is 13.7. The fraction of sp³-hybridized carbons (Fsp3) is 0.381. The third-order valence-corrected chi connectivity index (χ3v) is 5.14. The molecular formula is C21H23N3O4. The molecule has 7 nitrogen and oxygen atoms in total. The summed E-state index contributed by atoms with van der Waals surface area (Å²) >= 11 is 0. The maximum Gasteiger partial charge on any atom is 0.251 e. The van der Waals surface area contributed by atoms with Gasteiger partial charge in [0.15, 0.2) is 11.5 Å². The fourth-order valence-electron chi connectivity index (χ4n) is 3.62. The lowest BCUT2D eigenvalue weighted by atomic mass is 9.97. The van der Waals surface area contributed by atoms with E-state index in [1.807, 2.05) is 17.0 Å². The molecule has 7 heteroatoms. The normalized spacial score (nSPS) is 18.0. The van der Waals surface area contributed by atoms with E-state index in [0.29, 0.717) is 36.6 Å². The number of carbonyl (C=O) groups is 2. The van der Waals surface area contributed by atoms with E-state index in [0.717, 1.165) is 24.9 Å². The Morgan fingerprint density at radius 2 is 2.11 bits per heavy atom. The van der Waals surface area contributed by atoms with E-state index < -0.39 is 0 Å². The van der Waals surface area contributed by atoms with Gasteiger partial charge in [-0.1, -0.05) is 6.07 Å². The van der Waals surface area contributed by atoms with Crippen molar-refractivity contribution >= 4 is 11.8 Å². The number of ether oxygens (including phenoxy) is 2. The minimum atomic E-state index is -0.142. The third kappa shape index (κ3) is 4.24. The van der Waals surface area contributed by atoms with Crippen LogP contribution in [0.1, 0.15) is 28.8 Å². The highest BCUT2D eigenvalue weighted by Gasteiger charge is 2.24. The van der Waals surface area contributed by atoms with Crippen LogP contribution in [0, 0.1) is 5.92 Å². The summed E-state index contributed by atoms with van der Waals surface area (Å²) in [4.78, 5) is 31.0. The lowest BCUT2D eigenvalue weighted by Crippen LogP contribution is -2.44. The molecule has 0 radical (unpaired) electrons. The number of rotatable bonds is 5. The minimum absolute atomic E-state index is 0.111. The third-order valence-electron chi connectivity index (χ3n) is 5.14. The number of likely N-dealkylation sites (tertiary alicyclic amines) is 1. The number of pyridine rings is 1. The van der Waals surface area contributed by atoms with E-state index in [9.17, 15) is 9.59 Å². The zero-order chi connectivity index (χ0) is 19.3. The van der Waals surface area contributed by atoms with Crippen LogP contribution in [0.15, 0.2) is 42.7 Å². The van der Waals surface area contributed by atoms with Gasteiger partial charge in [-0.15, -0.1) is 0 Å². The Hall–Kier alpha value is -3.09. The molecule has 4 rings (SSSR count). The van der Waals surface area contributed by atoms with Crippen LogP contribution in [0.2, 0.25) is 0 Å². The monoisotopic (exact) mass is 381 g/mol. The highest BCUT2D eigenvalue weighted by atomic mass is 16.7. The standard InChI is InChI=1S/C21H23N3O4/c25-20(9-15-3-1-7-22-11-15)24-8-2-4-16(13-24)12-23-21(26)17-5-6-18-19(10-17)28-14-27-18/h1,3,5-7,10-11,16H,2,4,8-9,12-14H2,(H,23,26)/t16-/m1/s1. The average molecular weight is 381 g/mol. The summed E-state index contributed by atoms with van der Waals surface area (Å²) in [5.41, 5.74) is 1.47. The molecule has 0 saturated carbocycles. The molecule has 28 heavy (non-hydrogen) atoms. The van der Waals surface area contributed by atoms with Crippen molar-refractivity contribution in [3.63, 3.8) is 0 Å². The van der Waals surface area contributed by atoms with Crippen molar-refractivity contribution in [2.75, 3.05) is 26.4 Å². The number of piperidine rings is 1. The molecule has 0 unspecified atom stereocenters. The summed E-state index contributed by atoms with van der Waals surface area (Å²) in [6, 6.07) is 8.93. The molecule has 2 amide bonds. The van der Waals surface area contributed by atoms with Gasteiger partial charge in [0, 0.05) is 37.6 Å². The van der Waals surface area contributed by atoms with E-state index in [4.69, 9.17) is 9.47 Å². The predicted molar refractivity (Wildman–Crippen MR) is 102 cm³/mol. The SMILES string of the molecule is O=C(NC[C@H]1CCCN(C(=O)Cc2cccnc2)C1)c1ccc2c(c1)OCO2. The summed E-state index contributed by atoms with van der Waals surface area (Å²) in [5.74, 6) is 1.48. The second-order valence-corrected chi connectivity index (χ2v) is 7.16. The van der Waals surface area contributed by atoms with Crippen molar-refractivity contribution in [2.45, 2.75) is 19.3 Å². The van der Waals surface area contributed by atoms with Crippen molar-refractivity contribution in [1.29, 1.82) is 0 Å². The molecule has 3 heterocycles.